The average molecular weight is 467 g/mol. The van der Waals surface area contributed by atoms with Crippen LogP contribution in [0.25, 0.3) is 11.0 Å². The summed E-state index contributed by atoms with van der Waals surface area (Å²) in [7, 11) is 1.90. The van der Waals surface area contributed by atoms with E-state index in [0.29, 0.717) is 39.0 Å². The van der Waals surface area contributed by atoms with Crippen molar-refractivity contribution < 1.29 is 34.8 Å². The van der Waals surface area contributed by atoms with Crippen molar-refractivity contribution >= 4 is 29.9 Å². The highest BCUT2D eigenvalue weighted by Gasteiger charge is 2.27. The molecule has 11 nitrogen and oxygen atoms in total. The lowest BCUT2D eigenvalue weighted by Crippen LogP contribution is -2.44. The predicted octanol–water partition coefficient (Wildman–Crippen LogP) is 0.421. The van der Waals surface area contributed by atoms with Crippen molar-refractivity contribution in [3.63, 3.8) is 0 Å². The molecule has 0 saturated carbocycles. The van der Waals surface area contributed by atoms with E-state index in [1.54, 1.807) is 0 Å². The molecular formula is C22H34N4O7. The number of piperidine rings is 1. The second kappa shape index (κ2) is 15.7. The molecule has 5 N–H and O–H groups in total. The molecule has 11 heteroatoms. The van der Waals surface area contributed by atoms with Gasteiger partial charge in [0.05, 0.1) is 23.7 Å². The third kappa shape index (κ3) is 9.98. The van der Waals surface area contributed by atoms with Gasteiger partial charge in [0.15, 0.2) is 0 Å². The van der Waals surface area contributed by atoms with Gasteiger partial charge in [0, 0.05) is 39.0 Å². The predicted molar refractivity (Wildman–Crippen MR) is 122 cm³/mol. The summed E-state index contributed by atoms with van der Waals surface area (Å²) in [5, 5.41) is 33.1. The molecule has 1 amide bonds. The summed E-state index contributed by atoms with van der Waals surface area (Å²) < 4.78 is 0. The van der Waals surface area contributed by atoms with Crippen molar-refractivity contribution in [3.05, 3.63) is 30.1 Å². The van der Waals surface area contributed by atoms with E-state index >= 15 is 0 Å². The van der Waals surface area contributed by atoms with Crippen LogP contribution in [0.4, 0.5) is 0 Å². The van der Waals surface area contributed by atoms with Crippen LogP contribution in [0.2, 0.25) is 0 Å². The van der Waals surface area contributed by atoms with Crippen LogP contribution in [-0.4, -0.2) is 105 Å². The van der Waals surface area contributed by atoms with Crippen LogP contribution in [0, 0.1) is 5.92 Å². The summed E-state index contributed by atoms with van der Waals surface area (Å²) in [5.41, 5.74) is 1.93. The van der Waals surface area contributed by atoms with Crippen molar-refractivity contribution in [1.82, 2.24) is 19.8 Å². The van der Waals surface area contributed by atoms with Gasteiger partial charge >= 0.3 is 0 Å². The number of likely N-dealkylation sites (tertiary alicyclic amines) is 1. The highest BCUT2D eigenvalue weighted by atomic mass is 16.3. The number of amides is 1. The van der Waals surface area contributed by atoms with Crippen LogP contribution >= 0.6 is 0 Å². The minimum absolute atomic E-state index is 0.0986. The number of para-hydroxylation sites is 2. The molecule has 1 aromatic heterocycles. The molecule has 1 unspecified atom stereocenters. The van der Waals surface area contributed by atoms with Gasteiger partial charge < -0.3 is 35.2 Å². The first kappa shape index (κ1) is 28.0. The number of rotatable bonds is 8. The van der Waals surface area contributed by atoms with Crippen LogP contribution in [-0.2, 0) is 20.8 Å². The quantitative estimate of drug-likeness (QED) is 0.346. The van der Waals surface area contributed by atoms with Gasteiger partial charge in [-0.1, -0.05) is 12.1 Å². The lowest BCUT2D eigenvalue weighted by atomic mass is 9.90. The smallest absolute Gasteiger partial charge is 0.290 e. The number of aliphatic hydroxyl groups is 2. The standard InChI is InChI=1S/C20H30N4O3.2CH2O2/c1-23(12-13-25)14-18(26)15-8-10-24(11-9-15)20(27)7-6-19-21-16-4-2-3-5-17(16)22-19;2*2-1-3/h2-5,15,18,25-26H,6-14H2,1H3,(H,21,22);2*1H,(H,2,3). The number of carboxylic acid groups (broad SMARTS) is 2. The van der Waals surface area contributed by atoms with Crippen molar-refractivity contribution in [2.45, 2.75) is 31.8 Å². The molecule has 0 spiro atoms. The first-order valence-corrected chi connectivity index (χ1v) is 10.7. The second-order valence-electron chi connectivity index (χ2n) is 7.68. The van der Waals surface area contributed by atoms with Crippen molar-refractivity contribution in [3.8, 4) is 0 Å². The van der Waals surface area contributed by atoms with E-state index in [0.717, 1.165) is 29.7 Å². The number of aromatic nitrogens is 2. The number of carbonyl (C=O) groups is 3. The molecule has 2 aromatic rings. The second-order valence-corrected chi connectivity index (χ2v) is 7.68. The van der Waals surface area contributed by atoms with E-state index in [2.05, 4.69) is 9.97 Å². The number of hydrogen-bond donors (Lipinski definition) is 5. The van der Waals surface area contributed by atoms with Gasteiger partial charge in [-0.3, -0.25) is 14.4 Å². The Kier molecular flexibility index (Phi) is 13.4. The van der Waals surface area contributed by atoms with E-state index < -0.39 is 6.10 Å². The first-order valence-electron chi connectivity index (χ1n) is 10.7. The Morgan fingerprint density at radius 1 is 1.24 bits per heavy atom. The first-order chi connectivity index (χ1) is 15.9. The summed E-state index contributed by atoms with van der Waals surface area (Å²) in [4.78, 5) is 40.9. The minimum atomic E-state index is -0.408. The number of likely N-dealkylation sites (N-methyl/N-ethyl adjacent to an activating group) is 1. The van der Waals surface area contributed by atoms with Crippen molar-refractivity contribution in [2.24, 2.45) is 5.92 Å². The summed E-state index contributed by atoms with van der Waals surface area (Å²) in [5.74, 6) is 1.22. The third-order valence-corrected chi connectivity index (χ3v) is 5.43. The fourth-order valence-electron chi connectivity index (χ4n) is 3.77. The summed E-state index contributed by atoms with van der Waals surface area (Å²) in [6.07, 6.45) is 2.30. The zero-order valence-electron chi connectivity index (χ0n) is 18.8. The maximum atomic E-state index is 12.5. The van der Waals surface area contributed by atoms with Crippen LogP contribution in [0.1, 0.15) is 25.1 Å². The molecule has 1 aliphatic rings. The Hall–Kier alpha value is -3.02. The number of aromatic amines is 1. The van der Waals surface area contributed by atoms with Gasteiger partial charge in [-0.2, -0.15) is 0 Å². The third-order valence-electron chi connectivity index (χ3n) is 5.43. The number of H-pyrrole nitrogens is 1. The fourth-order valence-corrected chi connectivity index (χ4v) is 3.77. The molecule has 33 heavy (non-hydrogen) atoms. The maximum absolute atomic E-state index is 12.5. The monoisotopic (exact) mass is 466 g/mol. The number of nitrogens with one attached hydrogen (secondary N) is 1. The Balaban J connectivity index is 0.000000819. The number of aryl methyl sites for hydroxylation is 1. The number of imidazole rings is 1. The average Bonchev–Trinajstić information content (AvgIpc) is 3.22. The van der Waals surface area contributed by atoms with Crippen LogP contribution in [0.5, 0.6) is 0 Å². The zero-order valence-corrected chi connectivity index (χ0v) is 18.8. The number of carbonyl (C=O) groups excluding carboxylic acids is 1. The van der Waals surface area contributed by atoms with Crippen molar-refractivity contribution in [1.29, 1.82) is 0 Å². The lowest BCUT2D eigenvalue weighted by molar-refractivity contribution is -0.133. The van der Waals surface area contributed by atoms with E-state index in [1.807, 2.05) is 41.1 Å². The Bertz CT molecular complexity index is 798. The van der Waals surface area contributed by atoms with Crippen molar-refractivity contribution in [2.75, 3.05) is 39.8 Å². The molecule has 0 bridgehead atoms. The molecule has 1 aromatic carbocycles. The van der Waals surface area contributed by atoms with E-state index in [1.165, 1.54) is 0 Å². The van der Waals surface area contributed by atoms with E-state index in [-0.39, 0.29) is 31.4 Å². The molecule has 2 heterocycles. The van der Waals surface area contributed by atoms with Gasteiger partial charge in [0.25, 0.3) is 12.9 Å². The van der Waals surface area contributed by atoms with Gasteiger partial charge in [0.1, 0.15) is 5.82 Å². The summed E-state index contributed by atoms with van der Waals surface area (Å²) >= 11 is 0. The largest absolute Gasteiger partial charge is 0.483 e. The Morgan fingerprint density at radius 2 is 1.85 bits per heavy atom. The van der Waals surface area contributed by atoms with Crippen LogP contribution < -0.4 is 0 Å². The van der Waals surface area contributed by atoms with Gasteiger partial charge in [-0.15, -0.1) is 0 Å². The molecule has 0 aliphatic carbocycles. The van der Waals surface area contributed by atoms with Gasteiger partial charge in [-0.25, -0.2) is 4.98 Å². The number of nitrogens with zero attached hydrogens (tertiary/aromatic N) is 3. The lowest BCUT2D eigenvalue weighted by Gasteiger charge is -2.35. The number of fused-ring (bicyclic) bond motifs is 1. The molecule has 0 radical (unpaired) electrons. The molecule has 1 fully saturated rings. The topological polar surface area (TPSA) is 167 Å². The highest BCUT2D eigenvalue weighted by molar-refractivity contribution is 5.77. The van der Waals surface area contributed by atoms with Crippen LogP contribution in [0.15, 0.2) is 24.3 Å². The fraction of sp³-hybridized carbons (Fsp3) is 0.545. The molecule has 1 aliphatic heterocycles. The number of hydrogen-bond acceptors (Lipinski definition) is 7. The number of aliphatic hydroxyl groups excluding tert-OH is 2. The maximum Gasteiger partial charge on any atom is 0.290 e. The van der Waals surface area contributed by atoms with E-state index in [4.69, 9.17) is 24.9 Å². The Labute approximate surface area is 192 Å². The summed E-state index contributed by atoms with van der Waals surface area (Å²) in [6.45, 7) is 2.12. The minimum Gasteiger partial charge on any atom is -0.483 e. The normalized spacial score (nSPS) is 14.6. The summed E-state index contributed by atoms with van der Waals surface area (Å²) in [6, 6.07) is 7.88. The van der Waals surface area contributed by atoms with Gasteiger partial charge in [0.2, 0.25) is 5.91 Å². The molecular weight excluding hydrogens is 432 g/mol. The highest BCUT2D eigenvalue weighted by Crippen LogP contribution is 2.22. The molecule has 1 saturated heterocycles. The SMILES string of the molecule is CN(CCO)CC(O)C1CCN(C(=O)CCc2nc3ccccc3[nH]2)CC1.O=CO.O=CO. The number of benzene rings is 1. The Morgan fingerprint density at radius 3 is 2.42 bits per heavy atom. The van der Waals surface area contributed by atoms with E-state index in [9.17, 15) is 9.90 Å². The van der Waals surface area contributed by atoms with Gasteiger partial charge in [-0.05, 0) is 37.9 Å². The van der Waals surface area contributed by atoms with Crippen LogP contribution in [0.3, 0.4) is 0 Å². The molecule has 3 rings (SSSR count). The molecule has 184 valence electrons. The molecule has 1 atom stereocenters. The zero-order chi connectivity index (χ0) is 24.6.